The first-order valence-electron chi connectivity index (χ1n) is 12.8. The molecule has 4 aliphatic rings. The van der Waals surface area contributed by atoms with Gasteiger partial charge in [0, 0.05) is 25.6 Å². The standard InChI is InChI=1S/C12H18ClN3S.C12H19N3OS/c1-16-11(10(13)6-8-2-3-8)14-15-12(16)17-7-9-4-5-9;1-15-11(10(16)6-8-2-3-8)13-14-12(15)17-7-9-4-5-9/h8-10H,2-7H2,1H3;8-10,16H,2-7H2,1H3. The first-order chi connectivity index (χ1) is 16.5. The number of nitrogens with zero attached hydrogens (tertiary/aromatic N) is 6. The summed E-state index contributed by atoms with van der Waals surface area (Å²) in [4.78, 5) is 0. The Balaban J connectivity index is 0.000000142. The normalized spacial score (nSPS) is 21.8. The fraction of sp³-hybridized carbons (Fsp3) is 0.833. The van der Waals surface area contributed by atoms with Gasteiger partial charge in [-0.05, 0) is 62.2 Å². The third kappa shape index (κ3) is 7.14. The summed E-state index contributed by atoms with van der Waals surface area (Å²) in [6.45, 7) is 0. The number of rotatable bonds is 12. The minimum Gasteiger partial charge on any atom is -0.385 e. The molecule has 1 N–H and O–H groups in total. The van der Waals surface area contributed by atoms with Crippen molar-refractivity contribution >= 4 is 35.1 Å². The van der Waals surface area contributed by atoms with Crippen LogP contribution in [0.3, 0.4) is 0 Å². The maximum absolute atomic E-state index is 10.1. The molecule has 6 rings (SSSR count). The van der Waals surface area contributed by atoms with Crippen LogP contribution in [0.15, 0.2) is 10.3 Å². The van der Waals surface area contributed by atoms with Crippen LogP contribution in [0.5, 0.6) is 0 Å². The zero-order valence-corrected chi connectivity index (χ0v) is 22.7. The molecule has 4 aliphatic carbocycles. The summed E-state index contributed by atoms with van der Waals surface area (Å²) in [6, 6.07) is 0. The van der Waals surface area contributed by atoms with Crippen molar-refractivity contribution in [1.82, 2.24) is 29.5 Å². The molecule has 0 bridgehead atoms. The van der Waals surface area contributed by atoms with Crippen molar-refractivity contribution < 1.29 is 5.11 Å². The Morgan fingerprint density at radius 1 is 0.735 bits per heavy atom. The van der Waals surface area contributed by atoms with Crippen molar-refractivity contribution in [3.8, 4) is 0 Å². The number of aliphatic hydroxyl groups excluding tert-OH is 1. The summed E-state index contributed by atoms with van der Waals surface area (Å²) >= 11 is 9.99. The van der Waals surface area contributed by atoms with Gasteiger partial charge in [-0.15, -0.1) is 32.0 Å². The molecule has 4 fully saturated rings. The smallest absolute Gasteiger partial charge is 0.191 e. The molecular formula is C24H37ClN6OS2. The highest BCUT2D eigenvalue weighted by Crippen LogP contribution is 2.41. The molecule has 2 heterocycles. The molecule has 0 spiro atoms. The molecule has 7 nitrogen and oxygen atoms in total. The van der Waals surface area contributed by atoms with E-state index >= 15 is 0 Å². The SMILES string of the molecule is Cn1c(SCC2CC2)nnc1C(Cl)CC1CC1.Cn1c(SCC2CC2)nnc1C(O)CC1CC1. The Morgan fingerprint density at radius 2 is 1.18 bits per heavy atom. The zero-order valence-electron chi connectivity index (χ0n) is 20.3. The lowest BCUT2D eigenvalue weighted by Gasteiger charge is -2.09. The van der Waals surface area contributed by atoms with Gasteiger partial charge in [0.25, 0.3) is 0 Å². The quantitative estimate of drug-likeness (QED) is 0.288. The maximum atomic E-state index is 10.1. The van der Waals surface area contributed by atoms with Crippen LogP contribution in [0.1, 0.15) is 87.3 Å². The second-order valence-electron chi connectivity index (χ2n) is 10.6. The first kappa shape index (κ1) is 24.9. The Labute approximate surface area is 216 Å². The van der Waals surface area contributed by atoms with Crippen LogP contribution >= 0.6 is 35.1 Å². The number of hydrogen-bond donors (Lipinski definition) is 1. The van der Waals surface area contributed by atoms with Gasteiger partial charge < -0.3 is 14.2 Å². The largest absolute Gasteiger partial charge is 0.385 e. The number of aromatic nitrogens is 6. The van der Waals surface area contributed by atoms with Crippen LogP contribution in [-0.2, 0) is 14.1 Å². The van der Waals surface area contributed by atoms with Crippen LogP contribution in [-0.4, -0.2) is 46.1 Å². The average Bonchev–Trinajstić information content (AvgIpc) is 3.64. The molecule has 2 atom stereocenters. The van der Waals surface area contributed by atoms with Crippen molar-refractivity contribution in [2.75, 3.05) is 11.5 Å². The Bertz CT molecular complexity index is 875. The van der Waals surface area contributed by atoms with E-state index in [2.05, 4.69) is 25.0 Å². The van der Waals surface area contributed by atoms with Crippen molar-refractivity contribution in [2.45, 2.75) is 86.0 Å². The number of halogens is 1. The minimum atomic E-state index is -0.435. The van der Waals surface area contributed by atoms with Crippen molar-refractivity contribution in [1.29, 1.82) is 0 Å². The molecule has 34 heavy (non-hydrogen) atoms. The summed E-state index contributed by atoms with van der Waals surface area (Å²) in [6.07, 6.45) is 12.2. The van der Waals surface area contributed by atoms with Crippen LogP contribution < -0.4 is 0 Å². The lowest BCUT2D eigenvalue weighted by molar-refractivity contribution is 0.146. The van der Waals surface area contributed by atoms with E-state index in [4.69, 9.17) is 11.6 Å². The molecule has 0 aliphatic heterocycles. The zero-order chi connectivity index (χ0) is 23.7. The van der Waals surface area contributed by atoms with Gasteiger partial charge in [-0.25, -0.2) is 0 Å². The van der Waals surface area contributed by atoms with Gasteiger partial charge in [0.05, 0.1) is 5.38 Å². The summed E-state index contributed by atoms with van der Waals surface area (Å²) in [5.74, 6) is 7.34. The second-order valence-corrected chi connectivity index (χ2v) is 13.2. The molecule has 0 amide bonds. The maximum Gasteiger partial charge on any atom is 0.191 e. The van der Waals surface area contributed by atoms with E-state index in [-0.39, 0.29) is 5.38 Å². The van der Waals surface area contributed by atoms with Crippen molar-refractivity contribution in [2.24, 2.45) is 37.8 Å². The molecule has 2 aromatic heterocycles. The average molecular weight is 525 g/mol. The fourth-order valence-corrected chi connectivity index (χ4v) is 6.60. The van der Waals surface area contributed by atoms with Crippen LogP contribution in [0.25, 0.3) is 0 Å². The van der Waals surface area contributed by atoms with Gasteiger partial charge in [-0.3, -0.25) is 0 Å². The monoisotopic (exact) mass is 524 g/mol. The van der Waals surface area contributed by atoms with E-state index in [1.165, 1.54) is 57.1 Å². The minimum absolute atomic E-state index is 0.0373. The predicted octanol–water partition coefficient (Wildman–Crippen LogP) is 5.55. The third-order valence-corrected chi connectivity index (χ3v) is 9.97. The van der Waals surface area contributed by atoms with E-state index < -0.39 is 6.10 Å². The van der Waals surface area contributed by atoms with E-state index in [1.54, 1.807) is 11.8 Å². The number of aliphatic hydroxyl groups is 1. The summed E-state index contributed by atoms with van der Waals surface area (Å²) < 4.78 is 4.03. The Morgan fingerprint density at radius 3 is 1.68 bits per heavy atom. The predicted molar refractivity (Wildman–Crippen MR) is 137 cm³/mol. The molecule has 0 radical (unpaired) electrons. The summed E-state index contributed by atoms with van der Waals surface area (Å²) in [5.41, 5.74) is 0. The molecule has 2 unspecified atom stereocenters. The van der Waals surface area contributed by atoms with E-state index in [0.717, 1.165) is 58.3 Å². The summed E-state index contributed by atoms with van der Waals surface area (Å²) in [7, 11) is 3.99. The Hall–Kier alpha value is -0.770. The second kappa shape index (κ2) is 11.1. The van der Waals surface area contributed by atoms with Gasteiger partial charge in [-0.1, -0.05) is 49.2 Å². The van der Waals surface area contributed by atoms with E-state index in [1.807, 2.05) is 30.4 Å². The fourth-order valence-electron chi connectivity index (χ4n) is 3.95. The molecule has 10 heteroatoms. The first-order valence-corrected chi connectivity index (χ1v) is 15.2. The number of hydrogen-bond acceptors (Lipinski definition) is 7. The molecule has 188 valence electrons. The van der Waals surface area contributed by atoms with Gasteiger partial charge in [-0.2, -0.15) is 0 Å². The molecule has 2 aromatic rings. The highest BCUT2D eigenvalue weighted by atomic mass is 35.5. The molecule has 0 saturated heterocycles. The highest BCUT2D eigenvalue weighted by Gasteiger charge is 2.30. The lowest BCUT2D eigenvalue weighted by Crippen LogP contribution is -2.07. The molecule has 0 aromatic carbocycles. The van der Waals surface area contributed by atoms with Gasteiger partial charge in [0.15, 0.2) is 22.0 Å². The van der Waals surface area contributed by atoms with Gasteiger partial charge in [0.2, 0.25) is 0 Å². The summed E-state index contributed by atoms with van der Waals surface area (Å²) in [5, 5.41) is 28.9. The van der Waals surface area contributed by atoms with Crippen LogP contribution in [0.2, 0.25) is 0 Å². The van der Waals surface area contributed by atoms with Crippen molar-refractivity contribution in [3.63, 3.8) is 0 Å². The Kier molecular flexibility index (Phi) is 8.13. The van der Waals surface area contributed by atoms with Crippen LogP contribution in [0, 0.1) is 23.7 Å². The topological polar surface area (TPSA) is 81.7 Å². The van der Waals surface area contributed by atoms with Crippen molar-refractivity contribution in [3.05, 3.63) is 11.6 Å². The molecule has 4 saturated carbocycles. The highest BCUT2D eigenvalue weighted by molar-refractivity contribution is 7.99. The number of thioether (sulfide) groups is 2. The van der Waals surface area contributed by atoms with Crippen LogP contribution in [0.4, 0.5) is 0 Å². The van der Waals surface area contributed by atoms with Gasteiger partial charge >= 0.3 is 0 Å². The van der Waals surface area contributed by atoms with E-state index in [9.17, 15) is 5.11 Å². The third-order valence-electron chi connectivity index (χ3n) is 7.10. The molecular weight excluding hydrogens is 488 g/mol. The lowest BCUT2D eigenvalue weighted by atomic mass is 10.2. The number of alkyl halides is 1. The van der Waals surface area contributed by atoms with E-state index in [0.29, 0.717) is 5.92 Å². The van der Waals surface area contributed by atoms with Gasteiger partial charge in [0.1, 0.15) is 6.10 Å².